The number of rotatable bonds is 3. The topological polar surface area (TPSA) is 17.1 Å². The number of carbonyl (C=O) groups excluding carboxylic acids is 1. The molecule has 1 rings (SSSR count). The predicted molar refractivity (Wildman–Crippen MR) is 69.2 cm³/mol. The van der Waals surface area contributed by atoms with Gasteiger partial charge in [0.1, 0.15) is 6.29 Å². The van der Waals surface area contributed by atoms with Crippen LogP contribution < -0.4 is 0 Å². The van der Waals surface area contributed by atoms with E-state index in [1.807, 2.05) is 6.92 Å². The number of aldehydes is 1. The van der Waals surface area contributed by atoms with E-state index in [0.717, 1.165) is 11.9 Å². The predicted octanol–water partition coefficient (Wildman–Crippen LogP) is 4.07. The fraction of sp³-hybridized carbons (Fsp3) is 0.533. The third-order valence-electron chi connectivity index (χ3n) is 3.47. The Bertz CT molecular complexity index is 342. The van der Waals surface area contributed by atoms with E-state index >= 15 is 0 Å². The van der Waals surface area contributed by atoms with Crippen LogP contribution in [-0.4, -0.2) is 6.29 Å². The van der Waals surface area contributed by atoms with Crippen molar-refractivity contribution in [3.05, 3.63) is 35.5 Å². The van der Waals surface area contributed by atoms with Crippen LogP contribution in [0.25, 0.3) is 0 Å². The molecule has 1 nitrogen and oxygen atoms in total. The number of carbonyl (C=O) groups is 1. The Morgan fingerprint density at radius 3 is 2.75 bits per heavy atom. The van der Waals surface area contributed by atoms with E-state index < -0.39 is 0 Å². The third kappa shape index (κ3) is 3.19. The second-order valence-corrected chi connectivity index (χ2v) is 5.36. The van der Waals surface area contributed by atoms with E-state index in [1.54, 1.807) is 6.08 Å². The summed E-state index contributed by atoms with van der Waals surface area (Å²) < 4.78 is 0. The van der Waals surface area contributed by atoms with Crippen molar-refractivity contribution in [3.8, 4) is 0 Å². The van der Waals surface area contributed by atoms with Gasteiger partial charge in [0, 0.05) is 5.92 Å². The van der Waals surface area contributed by atoms with E-state index in [4.69, 9.17) is 0 Å². The van der Waals surface area contributed by atoms with Gasteiger partial charge >= 0.3 is 0 Å². The minimum Gasteiger partial charge on any atom is -0.299 e. The molecule has 0 radical (unpaired) electrons. The van der Waals surface area contributed by atoms with E-state index in [0.29, 0.717) is 11.3 Å². The zero-order chi connectivity index (χ0) is 12.2. The molecule has 0 bridgehead atoms. The third-order valence-corrected chi connectivity index (χ3v) is 3.47. The van der Waals surface area contributed by atoms with Crippen LogP contribution in [0.1, 0.15) is 40.5 Å². The maximum absolute atomic E-state index is 10.3. The van der Waals surface area contributed by atoms with Crippen molar-refractivity contribution in [2.45, 2.75) is 40.5 Å². The standard InChI is InChI=1S/C15H22O/c1-12(9-11-16)7-8-14-13(2)6-5-10-15(14,3)4/h6-9,11,14H,5,10H2,1-4H3/b8-7+,12-9-/t14-/m1/s1. The van der Waals surface area contributed by atoms with Crippen molar-refractivity contribution < 1.29 is 4.79 Å². The summed E-state index contributed by atoms with van der Waals surface area (Å²) in [4.78, 5) is 10.3. The Morgan fingerprint density at radius 2 is 2.19 bits per heavy atom. The van der Waals surface area contributed by atoms with Crippen molar-refractivity contribution in [2.24, 2.45) is 11.3 Å². The highest BCUT2D eigenvalue weighted by atomic mass is 16.1. The maximum Gasteiger partial charge on any atom is 0.143 e. The first-order chi connectivity index (χ1) is 7.47. The minimum atomic E-state index is 0.330. The van der Waals surface area contributed by atoms with Gasteiger partial charge in [-0.3, -0.25) is 4.79 Å². The van der Waals surface area contributed by atoms with Crippen LogP contribution in [0.4, 0.5) is 0 Å². The first-order valence-electron chi connectivity index (χ1n) is 5.94. The minimum absolute atomic E-state index is 0.330. The normalized spacial score (nSPS) is 25.6. The first kappa shape index (κ1) is 13.0. The Kier molecular flexibility index (Phi) is 4.28. The van der Waals surface area contributed by atoms with Crippen molar-refractivity contribution in [3.63, 3.8) is 0 Å². The molecule has 0 saturated carbocycles. The highest BCUT2D eigenvalue weighted by Crippen LogP contribution is 2.41. The van der Waals surface area contributed by atoms with Crippen molar-refractivity contribution in [1.29, 1.82) is 0 Å². The Morgan fingerprint density at radius 1 is 1.50 bits per heavy atom. The van der Waals surface area contributed by atoms with E-state index in [1.165, 1.54) is 18.4 Å². The van der Waals surface area contributed by atoms with Gasteiger partial charge in [-0.15, -0.1) is 0 Å². The summed E-state index contributed by atoms with van der Waals surface area (Å²) in [5.41, 5.74) is 2.80. The van der Waals surface area contributed by atoms with E-state index in [-0.39, 0.29) is 0 Å². The van der Waals surface area contributed by atoms with Gasteiger partial charge in [-0.2, -0.15) is 0 Å². The van der Waals surface area contributed by atoms with Crippen LogP contribution in [-0.2, 0) is 4.79 Å². The molecule has 0 amide bonds. The molecular formula is C15H22O. The van der Waals surface area contributed by atoms with Gasteiger partial charge in [-0.1, -0.05) is 37.6 Å². The molecule has 0 aromatic carbocycles. The van der Waals surface area contributed by atoms with Crippen LogP contribution in [0, 0.1) is 11.3 Å². The molecule has 1 aliphatic rings. The fourth-order valence-electron chi connectivity index (χ4n) is 2.39. The molecule has 1 heteroatoms. The lowest BCUT2D eigenvalue weighted by Crippen LogP contribution is -2.26. The van der Waals surface area contributed by atoms with Crippen LogP contribution in [0.3, 0.4) is 0 Å². The Hall–Kier alpha value is -1.11. The maximum atomic E-state index is 10.3. The fourth-order valence-corrected chi connectivity index (χ4v) is 2.39. The van der Waals surface area contributed by atoms with Gasteiger partial charge in [-0.25, -0.2) is 0 Å². The summed E-state index contributed by atoms with van der Waals surface area (Å²) in [6.07, 6.45) is 11.5. The molecule has 16 heavy (non-hydrogen) atoms. The molecule has 0 aromatic heterocycles. The lowest BCUT2D eigenvalue weighted by molar-refractivity contribution is -0.104. The SMILES string of the molecule is CC1=CCCC(C)(C)[C@@H]1/C=C/C(C)=C\C=O. The quantitative estimate of drug-likeness (QED) is 0.302. The largest absolute Gasteiger partial charge is 0.299 e. The Balaban J connectivity index is 2.85. The van der Waals surface area contributed by atoms with E-state index in [9.17, 15) is 4.79 Å². The summed E-state index contributed by atoms with van der Waals surface area (Å²) in [5, 5.41) is 0. The molecule has 0 heterocycles. The number of hydrogen-bond acceptors (Lipinski definition) is 1. The van der Waals surface area contributed by atoms with Crippen LogP contribution in [0.2, 0.25) is 0 Å². The van der Waals surface area contributed by atoms with Crippen LogP contribution in [0.15, 0.2) is 35.5 Å². The average Bonchev–Trinajstić information content (AvgIpc) is 2.16. The molecule has 0 fully saturated rings. The molecule has 0 spiro atoms. The summed E-state index contributed by atoms with van der Waals surface area (Å²) >= 11 is 0. The summed E-state index contributed by atoms with van der Waals surface area (Å²) in [6.45, 7) is 8.79. The second-order valence-electron chi connectivity index (χ2n) is 5.36. The zero-order valence-electron chi connectivity index (χ0n) is 10.8. The second kappa shape index (κ2) is 5.29. The highest BCUT2D eigenvalue weighted by Gasteiger charge is 2.30. The molecule has 1 atom stereocenters. The lowest BCUT2D eigenvalue weighted by Gasteiger charge is -2.36. The molecule has 0 unspecified atom stereocenters. The van der Waals surface area contributed by atoms with Gasteiger partial charge in [0.05, 0.1) is 0 Å². The van der Waals surface area contributed by atoms with Gasteiger partial charge in [0.2, 0.25) is 0 Å². The van der Waals surface area contributed by atoms with Crippen molar-refractivity contribution in [1.82, 2.24) is 0 Å². The average molecular weight is 218 g/mol. The van der Waals surface area contributed by atoms with Gasteiger partial charge in [0.25, 0.3) is 0 Å². The van der Waals surface area contributed by atoms with Crippen molar-refractivity contribution >= 4 is 6.29 Å². The lowest BCUT2D eigenvalue weighted by atomic mass is 9.68. The summed E-state index contributed by atoms with van der Waals surface area (Å²) in [7, 11) is 0. The smallest absolute Gasteiger partial charge is 0.143 e. The molecule has 1 aliphatic carbocycles. The highest BCUT2D eigenvalue weighted by molar-refractivity contribution is 5.66. The van der Waals surface area contributed by atoms with Gasteiger partial charge < -0.3 is 0 Å². The zero-order valence-corrected chi connectivity index (χ0v) is 10.8. The molecular weight excluding hydrogens is 196 g/mol. The van der Waals surface area contributed by atoms with Gasteiger partial charge in [0.15, 0.2) is 0 Å². The summed E-state index contributed by atoms with van der Waals surface area (Å²) in [6, 6.07) is 0. The molecule has 0 aromatic rings. The van der Waals surface area contributed by atoms with E-state index in [2.05, 4.69) is 39.0 Å². The molecule has 0 aliphatic heterocycles. The number of hydrogen-bond donors (Lipinski definition) is 0. The molecule has 0 N–H and O–H groups in total. The monoisotopic (exact) mass is 218 g/mol. The molecule has 0 saturated heterocycles. The first-order valence-corrected chi connectivity index (χ1v) is 5.94. The molecule has 88 valence electrons. The van der Waals surface area contributed by atoms with Gasteiger partial charge in [-0.05, 0) is 43.8 Å². The van der Waals surface area contributed by atoms with Crippen LogP contribution >= 0.6 is 0 Å². The van der Waals surface area contributed by atoms with Crippen LogP contribution in [0.5, 0.6) is 0 Å². The number of allylic oxidation sites excluding steroid dienone is 6. The summed E-state index contributed by atoms with van der Waals surface area (Å²) in [5.74, 6) is 0.497. The Labute approximate surface area is 98.9 Å². The van der Waals surface area contributed by atoms with Crippen molar-refractivity contribution in [2.75, 3.05) is 0 Å².